The zero-order chi connectivity index (χ0) is 18.5. The average molecular weight is 386 g/mol. The van der Waals surface area contributed by atoms with Gasteiger partial charge in [-0.25, -0.2) is 9.97 Å². The molecule has 1 unspecified atom stereocenters. The third kappa shape index (κ3) is 3.57. The number of aliphatic hydroxyl groups is 2. The lowest BCUT2D eigenvalue weighted by molar-refractivity contribution is -0.0399. The van der Waals surface area contributed by atoms with Crippen molar-refractivity contribution in [2.24, 2.45) is 0 Å². The molecule has 1 aliphatic rings. The summed E-state index contributed by atoms with van der Waals surface area (Å²) in [6.07, 6.45) is 1.96. The van der Waals surface area contributed by atoms with Gasteiger partial charge in [0.2, 0.25) is 0 Å². The standard InChI is InChI=1S/C15H23N4O4PS/c1-7-16-12-9(13(22)17-7)18-15(25)19(12)14-11(21)10(20)8(23-14)5-6-24(2,3)4/h8,10-11,14,20-21H,2,5-6H2,1,3-4H3,(H,18,25)(H,16,17,22)/t8-,10-,11-,14?/m1/s1. The molecule has 1 saturated heterocycles. The molecular formula is C15H23N4O4PS. The third-order valence-electron chi connectivity index (χ3n) is 4.26. The van der Waals surface area contributed by atoms with Gasteiger partial charge in [-0.05, 0) is 32.8 Å². The smallest absolute Gasteiger partial charge is 0.279 e. The van der Waals surface area contributed by atoms with Crippen LogP contribution in [0, 0.1) is 6.92 Å². The van der Waals surface area contributed by atoms with Crippen LogP contribution >= 0.6 is 19.5 Å². The van der Waals surface area contributed by atoms with Crippen LogP contribution in [0.5, 0.6) is 0 Å². The largest absolute Gasteiger partial charge is 0.388 e. The minimum Gasteiger partial charge on any atom is -0.388 e. The van der Waals surface area contributed by atoms with Gasteiger partial charge in [0.25, 0.3) is 5.56 Å². The van der Waals surface area contributed by atoms with Gasteiger partial charge in [0.1, 0.15) is 18.0 Å². The number of nitrogens with zero attached hydrogens (tertiary/aromatic N) is 3. The van der Waals surface area contributed by atoms with Crippen molar-refractivity contribution in [2.45, 2.75) is 43.0 Å². The second-order valence-corrected chi connectivity index (χ2v) is 11.8. The maximum absolute atomic E-state index is 12.0. The monoisotopic (exact) mass is 386 g/mol. The molecule has 0 radical (unpaired) electrons. The number of imidazole rings is 1. The molecule has 138 valence electrons. The summed E-state index contributed by atoms with van der Waals surface area (Å²) in [6, 6.07) is 0. The van der Waals surface area contributed by atoms with E-state index in [1.54, 1.807) is 6.92 Å². The first-order valence-electron chi connectivity index (χ1n) is 7.95. The summed E-state index contributed by atoms with van der Waals surface area (Å²) in [4.78, 5) is 23.0. The number of thiol groups is 1. The maximum atomic E-state index is 12.0. The number of hydrogen-bond donors (Lipinski definition) is 4. The average Bonchev–Trinajstić information content (AvgIpc) is 2.95. The fourth-order valence-electron chi connectivity index (χ4n) is 2.97. The van der Waals surface area contributed by atoms with E-state index in [9.17, 15) is 15.0 Å². The number of aryl methyl sites for hydroxylation is 1. The zero-order valence-electron chi connectivity index (χ0n) is 14.4. The molecule has 1 aliphatic heterocycles. The lowest BCUT2D eigenvalue weighted by atomic mass is 10.1. The van der Waals surface area contributed by atoms with E-state index in [1.807, 2.05) is 0 Å². The molecule has 10 heteroatoms. The van der Waals surface area contributed by atoms with Gasteiger partial charge in [0.05, 0.1) is 6.10 Å². The van der Waals surface area contributed by atoms with Gasteiger partial charge in [-0.15, -0.1) is 25.8 Å². The van der Waals surface area contributed by atoms with Crippen LogP contribution in [0.1, 0.15) is 18.5 Å². The molecule has 1 fully saturated rings. The number of hydrogen-bond acceptors (Lipinski definition) is 7. The van der Waals surface area contributed by atoms with Crippen molar-refractivity contribution < 1.29 is 14.9 Å². The molecule has 3 heterocycles. The second-order valence-electron chi connectivity index (χ2n) is 7.10. The van der Waals surface area contributed by atoms with E-state index in [0.29, 0.717) is 12.2 Å². The Labute approximate surface area is 150 Å². The molecule has 2 aromatic heterocycles. The Balaban J connectivity index is 1.97. The number of aromatic nitrogens is 4. The topological polar surface area (TPSA) is 113 Å². The number of rotatable bonds is 4. The van der Waals surface area contributed by atoms with Crippen LogP contribution in [0.25, 0.3) is 11.2 Å². The lowest BCUT2D eigenvalue weighted by Crippen LogP contribution is -2.32. The van der Waals surface area contributed by atoms with Crippen LogP contribution in [0.15, 0.2) is 9.95 Å². The Kier molecular flexibility index (Phi) is 4.89. The number of aromatic amines is 1. The van der Waals surface area contributed by atoms with Gasteiger partial charge in [0, 0.05) is 0 Å². The number of H-pyrrole nitrogens is 1. The molecule has 0 saturated carbocycles. The quantitative estimate of drug-likeness (QED) is 0.448. The molecule has 0 bridgehead atoms. The van der Waals surface area contributed by atoms with Crippen molar-refractivity contribution in [1.29, 1.82) is 0 Å². The Morgan fingerprint density at radius 2 is 2.04 bits per heavy atom. The van der Waals surface area contributed by atoms with Gasteiger partial charge >= 0.3 is 0 Å². The van der Waals surface area contributed by atoms with Crippen molar-refractivity contribution in [1.82, 2.24) is 19.5 Å². The van der Waals surface area contributed by atoms with Crippen molar-refractivity contribution in [3.05, 3.63) is 16.2 Å². The Morgan fingerprint density at radius 1 is 1.36 bits per heavy atom. The molecule has 0 aromatic carbocycles. The van der Waals surface area contributed by atoms with Crippen molar-refractivity contribution in [3.8, 4) is 0 Å². The predicted molar refractivity (Wildman–Crippen MR) is 101 cm³/mol. The van der Waals surface area contributed by atoms with E-state index >= 15 is 0 Å². The van der Waals surface area contributed by atoms with Gasteiger partial charge in [0.15, 0.2) is 22.5 Å². The number of nitrogens with one attached hydrogen (secondary N) is 1. The molecule has 0 amide bonds. The first-order chi connectivity index (χ1) is 11.6. The highest BCUT2D eigenvalue weighted by Gasteiger charge is 2.44. The van der Waals surface area contributed by atoms with Crippen LogP contribution in [-0.2, 0) is 4.74 Å². The maximum Gasteiger partial charge on any atom is 0.279 e. The summed E-state index contributed by atoms with van der Waals surface area (Å²) in [5, 5.41) is 21.0. The van der Waals surface area contributed by atoms with E-state index in [1.165, 1.54) is 4.57 Å². The van der Waals surface area contributed by atoms with Crippen molar-refractivity contribution >= 4 is 37.0 Å². The van der Waals surface area contributed by atoms with Crippen LogP contribution in [0.3, 0.4) is 0 Å². The number of ether oxygens (including phenoxy) is 1. The van der Waals surface area contributed by atoms with Crippen molar-refractivity contribution in [3.63, 3.8) is 0 Å². The van der Waals surface area contributed by atoms with Gasteiger partial charge in [-0.1, -0.05) is 0 Å². The summed E-state index contributed by atoms with van der Waals surface area (Å²) >= 11 is 4.29. The highest BCUT2D eigenvalue weighted by atomic mass is 32.1. The highest BCUT2D eigenvalue weighted by molar-refractivity contribution is 7.80. The molecule has 8 nitrogen and oxygen atoms in total. The fourth-order valence-corrected chi connectivity index (χ4v) is 4.24. The van der Waals surface area contributed by atoms with E-state index in [-0.39, 0.29) is 21.9 Å². The molecule has 0 spiro atoms. The molecular weight excluding hydrogens is 363 g/mol. The van der Waals surface area contributed by atoms with E-state index in [4.69, 9.17) is 4.74 Å². The van der Waals surface area contributed by atoms with E-state index in [0.717, 1.165) is 6.16 Å². The van der Waals surface area contributed by atoms with Gasteiger partial charge in [-0.2, -0.15) is 0 Å². The highest BCUT2D eigenvalue weighted by Crippen LogP contribution is 2.40. The number of fused-ring (bicyclic) bond motifs is 1. The third-order valence-corrected chi connectivity index (χ3v) is 6.05. The van der Waals surface area contributed by atoms with E-state index < -0.39 is 31.4 Å². The Morgan fingerprint density at radius 3 is 2.68 bits per heavy atom. The molecule has 25 heavy (non-hydrogen) atoms. The second kappa shape index (κ2) is 6.55. The van der Waals surface area contributed by atoms with Gasteiger partial charge < -0.3 is 19.9 Å². The first-order valence-corrected chi connectivity index (χ1v) is 11.5. The number of aliphatic hydroxyl groups excluding tert-OH is 2. The Hall–Kier alpha value is -1.12. The molecule has 3 rings (SSSR count). The SMILES string of the molecule is C=P(C)(C)CC[C@H]1OC(n2c(S)nc3c(=O)[nH]c(C)nc32)[C@H](O)[C@@H]1O. The molecule has 2 aromatic rings. The Bertz CT molecular complexity index is 905. The molecule has 0 aliphatic carbocycles. The lowest BCUT2D eigenvalue weighted by Gasteiger charge is -2.19. The van der Waals surface area contributed by atoms with Crippen LogP contribution in [0.2, 0.25) is 0 Å². The molecule has 4 atom stereocenters. The summed E-state index contributed by atoms with van der Waals surface area (Å²) in [6.45, 7) is 4.60. The fraction of sp³-hybridized carbons (Fsp3) is 0.600. The van der Waals surface area contributed by atoms with Crippen molar-refractivity contribution in [2.75, 3.05) is 19.5 Å². The molecule has 3 N–H and O–H groups in total. The zero-order valence-corrected chi connectivity index (χ0v) is 16.2. The summed E-state index contributed by atoms with van der Waals surface area (Å²) in [5.74, 6) is 0.417. The van der Waals surface area contributed by atoms with Crippen LogP contribution < -0.4 is 5.56 Å². The van der Waals surface area contributed by atoms with Crippen LogP contribution in [-0.4, -0.2) is 73.8 Å². The summed E-state index contributed by atoms with van der Waals surface area (Å²) in [5.41, 5.74) is 0.00652. The summed E-state index contributed by atoms with van der Waals surface area (Å²) < 4.78 is 7.36. The normalized spacial score (nSPS) is 27.3. The summed E-state index contributed by atoms with van der Waals surface area (Å²) in [7, 11) is 0. The van der Waals surface area contributed by atoms with Gasteiger partial charge in [-0.3, -0.25) is 9.36 Å². The minimum atomic E-state index is -1.27. The minimum absolute atomic E-state index is 0.120. The van der Waals surface area contributed by atoms with E-state index in [2.05, 4.69) is 47.2 Å². The van der Waals surface area contributed by atoms with Crippen LogP contribution in [0.4, 0.5) is 0 Å². The first kappa shape index (κ1) is 18.7. The predicted octanol–water partition coefficient (Wildman–Crippen LogP) is 0.435.